The van der Waals surface area contributed by atoms with E-state index in [9.17, 15) is 4.91 Å². The Labute approximate surface area is 196 Å². The maximum atomic E-state index is 11.2. The molecule has 2 heterocycles. The van der Waals surface area contributed by atoms with Gasteiger partial charge in [-0.3, -0.25) is 0 Å². The van der Waals surface area contributed by atoms with Crippen LogP contribution >= 0.6 is 0 Å². The molecule has 0 bridgehead atoms. The van der Waals surface area contributed by atoms with Gasteiger partial charge in [-0.25, -0.2) is 4.98 Å². The fraction of sp³-hybridized carbons (Fsp3) is 0.444. The first-order valence-electron chi connectivity index (χ1n) is 12.0. The summed E-state index contributed by atoms with van der Waals surface area (Å²) in [6.45, 7) is 9.57. The Kier molecular flexibility index (Phi) is 9.78. The summed E-state index contributed by atoms with van der Waals surface area (Å²) in [6, 6.07) is 9.40. The molecule has 1 aromatic heterocycles. The second kappa shape index (κ2) is 13.0. The zero-order valence-electron chi connectivity index (χ0n) is 19.9. The van der Waals surface area contributed by atoms with Crippen molar-refractivity contribution in [1.29, 1.82) is 0 Å². The third kappa shape index (κ3) is 7.34. The van der Waals surface area contributed by atoms with Crippen LogP contribution in [0.25, 0.3) is 23.4 Å². The van der Waals surface area contributed by atoms with Crippen LogP contribution in [0, 0.1) is 10.8 Å². The SMILES string of the molecule is CC1CCN(CCCN)CC1.CCOc1ccc(-c2cc(N=O)c3c(n2)=CCC=CC=3)cc1. The molecule has 2 aromatic rings. The second-order valence-electron chi connectivity index (χ2n) is 8.58. The number of allylic oxidation sites excluding steroid dienone is 2. The second-order valence-corrected chi connectivity index (χ2v) is 8.58. The van der Waals surface area contributed by atoms with Gasteiger partial charge in [0, 0.05) is 10.8 Å². The van der Waals surface area contributed by atoms with E-state index in [2.05, 4.69) is 22.0 Å². The molecule has 0 spiro atoms. The Hall–Kier alpha value is -2.83. The number of nitrogens with zero attached hydrogens (tertiary/aromatic N) is 3. The van der Waals surface area contributed by atoms with Crippen LogP contribution in [0.3, 0.4) is 0 Å². The number of ether oxygens (including phenoxy) is 1. The van der Waals surface area contributed by atoms with E-state index < -0.39 is 0 Å². The van der Waals surface area contributed by atoms with E-state index in [0.717, 1.165) is 52.9 Å². The molecule has 2 aliphatic rings. The number of hydrogen-bond acceptors (Lipinski definition) is 6. The molecule has 4 rings (SSSR count). The van der Waals surface area contributed by atoms with E-state index in [-0.39, 0.29) is 0 Å². The van der Waals surface area contributed by atoms with Gasteiger partial charge < -0.3 is 15.4 Å². The van der Waals surface area contributed by atoms with E-state index in [4.69, 9.17) is 10.5 Å². The van der Waals surface area contributed by atoms with E-state index >= 15 is 0 Å². The standard InChI is InChI=1S/C18H16N2O2.C9H20N2/c1-2-22-14-10-8-13(9-11-14)17-12-18(20-21)15-6-4-3-5-7-16(15)19-17;1-9-3-7-11(8-4-9)6-2-5-10/h3-4,6-12H,2,5H2,1H3;9H,2-8,10H2,1H3. The number of pyridine rings is 1. The fourth-order valence-electron chi connectivity index (χ4n) is 4.02. The summed E-state index contributed by atoms with van der Waals surface area (Å²) in [5.41, 5.74) is 7.53. The van der Waals surface area contributed by atoms with Gasteiger partial charge >= 0.3 is 0 Å². The molecule has 0 amide bonds. The van der Waals surface area contributed by atoms with E-state index in [1.54, 1.807) is 6.07 Å². The summed E-state index contributed by atoms with van der Waals surface area (Å²) < 4.78 is 5.44. The molecule has 33 heavy (non-hydrogen) atoms. The summed E-state index contributed by atoms with van der Waals surface area (Å²) >= 11 is 0. The lowest BCUT2D eigenvalue weighted by molar-refractivity contribution is 0.191. The summed E-state index contributed by atoms with van der Waals surface area (Å²) in [5.74, 6) is 1.77. The third-order valence-electron chi connectivity index (χ3n) is 6.03. The number of piperidine rings is 1. The Balaban J connectivity index is 0.000000235. The lowest BCUT2D eigenvalue weighted by Gasteiger charge is -2.29. The van der Waals surface area contributed by atoms with Crippen LogP contribution in [0.2, 0.25) is 0 Å². The minimum Gasteiger partial charge on any atom is -0.494 e. The molecule has 0 atom stereocenters. The number of likely N-dealkylation sites (tertiary alicyclic amines) is 1. The number of nitrogens with two attached hydrogens (primary N) is 1. The number of aromatic nitrogens is 1. The number of hydrogen-bond donors (Lipinski definition) is 1. The molecule has 0 saturated carbocycles. The van der Waals surface area contributed by atoms with Crippen molar-refractivity contribution in [3.8, 4) is 17.0 Å². The minimum absolute atomic E-state index is 0.414. The van der Waals surface area contributed by atoms with Crippen molar-refractivity contribution in [1.82, 2.24) is 9.88 Å². The quantitative estimate of drug-likeness (QED) is 0.644. The molecule has 176 valence electrons. The molecule has 6 nitrogen and oxygen atoms in total. The van der Waals surface area contributed by atoms with Crippen LogP contribution in [0.15, 0.2) is 47.7 Å². The van der Waals surface area contributed by atoms with E-state index in [0.29, 0.717) is 12.3 Å². The zero-order chi connectivity index (χ0) is 23.5. The highest BCUT2D eigenvalue weighted by Gasteiger charge is 2.14. The monoisotopic (exact) mass is 448 g/mol. The molecule has 6 heteroatoms. The number of nitroso groups, excluding NO2 is 1. The molecule has 0 unspecified atom stereocenters. The van der Waals surface area contributed by atoms with Crippen LogP contribution in [0.1, 0.15) is 39.5 Å². The third-order valence-corrected chi connectivity index (χ3v) is 6.03. The van der Waals surface area contributed by atoms with Crippen molar-refractivity contribution in [2.24, 2.45) is 16.8 Å². The summed E-state index contributed by atoms with van der Waals surface area (Å²) in [4.78, 5) is 18.4. The van der Waals surface area contributed by atoms with Crippen LogP contribution in [-0.2, 0) is 0 Å². The van der Waals surface area contributed by atoms with Crippen LogP contribution in [0.4, 0.5) is 5.69 Å². The normalized spacial score (nSPS) is 15.8. The maximum absolute atomic E-state index is 11.2. The Morgan fingerprint density at radius 2 is 1.97 bits per heavy atom. The van der Waals surface area contributed by atoms with E-state index in [1.807, 2.05) is 55.5 Å². The van der Waals surface area contributed by atoms with Crippen molar-refractivity contribution in [2.75, 3.05) is 32.8 Å². The summed E-state index contributed by atoms with van der Waals surface area (Å²) in [6.07, 6.45) is 12.5. The van der Waals surface area contributed by atoms with Gasteiger partial charge in [0.25, 0.3) is 0 Å². The average molecular weight is 449 g/mol. The van der Waals surface area contributed by atoms with Crippen molar-refractivity contribution >= 4 is 17.8 Å². The van der Waals surface area contributed by atoms with Crippen LogP contribution < -0.4 is 21.0 Å². The van der Waals surface area contributed by atoms with Gasteiger partial charge in [0.05, 0.1) is 17.6 Å². The maximum Gasteiger partial charge on any atom is 0.119 e. The first-order valence-corrected chi connectivity index (χ1v) is 12.0. The van der Waals surface area contributed by atoms with Gasteiger partial charge in [0.1, 0.15) is 11.4 Å². The number of benzene rings is 1. The smallest absolute Gasteiger partial charge is 0.119 e. The molecular weight excluding hydrogens is 412 g/mol. The molecule has 1 aliphatic heterocycles. The van der Waals surface area contributed by atoms with Gasteiger partial charge in [0.2, 0.25) is 0 Å². The fourth-order valence-corrected chi connectivity index (χ4v) is 4.02. The van der Waals surface area contributed by atoms with Gasteiger partial charge in [-0.2, -0.15) is 0 Å². The average Bonchev–Trinajstić information content (AvgIpc) is 3.10. The first-order chi connectivity index (χ1) is 16.1. The van der Waals surface area contributed by atoms with Gasteiger partial charge in [-0.15, -0.1) is 4.91 Å². The zero-order valence-corrected chi connectivity index (χ0v) is 19.9. The highest BCUT2D eigenvalue weighted by atomic mass is 16.5. The number of rotatable bonds is 7. The molecule has 1 fully saturated rings. The lowest BCUT2D eigenvalue weighted by atomic mass is 9.99. The summed E-state index contributed by atoms with van der Waals surface area (Å²) in [7, 11) is 0. The predicted molar refractivity (Wildman–Crippen MR) is 137 cm³/mol. The Bertz CT molecular complexity index is 1040. The minimum atomic E-state index is 0.414. The predicted octanol–water partition coefficient (Wildman–Crippen LogP) is 4.13. The highest BCUT2D eigenvalue weighted by Crippen LogP contribution is 2.22. The van der Waals surface area contributed by atoms with Crippen molar-refractivity contribution < 1.29 is 4.74 Å². The van der Waals surface area contributed by atoms with Gasteiger partial charge in [-0.1, -0.05) is 31.2 Å². The van der Waals surface area contributed by atoms with E-state index in [1.165, 1.54) is 32.5 Å². The number of fused-ring (bicyclic) bond motifs is 1. The summed E-state index contributed by atoms with van der Waals surface area (Å²) in [5, 5.41) is 4.73. The molecule has 0 radical (unpaired) electrons. The van der Waals surface area contributed by atoms with Crippen molar-refractivity contribution in [3.05, 3.63) is 58.0 Å². The molecule has 1 aromatic carbocycles. The topological polar surface area (TPSA) is 80.8 Å². The molecule has 1 aliphatic carbocycles. The lowest BCUT2D eigenvalue weighted by Crippen LogP contribution is -2.34. The Morgan fingerprint density at radius 1 is 1.21 bits per heavy atom. The Morgan fingerprint density at radius 3 is 2.64 bits per heavy atom. The van der Waals surface area contributed by atoms with Gasteiger partial charge in [-0.05, 0) is 100 Å². The van der Waals surface area contributed by atoms with Crippen LogP contribution in [-0.4, -0.2) is 42.7 Å². The highest BCUT2D eigenvalue weighted by molar-refractivity contribution is 5.65. The van der Waals surface area contributed by atoms with Crippen LogP contribution in [0.5, 0.6) is 5.75 Å². The largest absolute Gasteiger partial charge is 0.494 e. The first kappa shape index (κ1) is 24.8. The van der Waals surface area contributed by atoms with Gasteiger partial charge in [0.15, 0.2) is 0 Å². The molecule has 2 N–H and O–H groups in total. The molecule has 1 saturated heterocycles. The van der Waals surface area contributed by atoms with Crippen molar-refractivity contribution in [3.63, 3.8) is 0 Å². The molecular formula is C27H36N4O2. The van der Waals surface area contributed by atoms with Crippen molar-refractivity contribution in [2.45, 2.75) is 39.5 Å².